The van der Waals surface area contributed by atoms with Gasteiger partial charge in [0.1, 0.15) is 0 Å². The second-order valence-electron chi connectivity index (χ2n) is 8.80. The normalized spacial score (nSPS) is 12.8. The molecule has 2 unspecified atom stereocenters. The van der Waals surface area contributed by atoms with Crippen LogP contribution in [0.25, 0.3) is 0 Å². The van der Waals surface area contributed by atoms with E-state index in [1.54, 1.807) is 0 Å². The summed E-state index contributed by atoms with van der Waals surface area (Å²) in [7, 11) is 0. The summed E-state index contributed by atoms with van der Waals surface area (Å²) in [5.41, 5.74) is 3.06. The molecule has 0 heterocycles. The Bertz CT molecular complexity index is 685. The number of unbranched alkanes of at least 4 members (excludes halogenated alkanes) is 2. The lowest BCUT2D eigenvalue weighted by atomic mass is 9.88. The van der Waals surface area contributed by atoms with Crippen LogP contribution in [-0.4, -0.2) is 0 Å². The molecule has 0 amide bonds. The van der Waals surface area contributed by atoms with Crippen molar-refractivity contribution in [1.82, 2.24) is 0 Å². The van der Waals surface area contributed by atoms with E-state index in [-0.39, 0.29) is 0 Å². The summed E-state index contributed by atoms with van der Waals surface area (Å²) < 4.78 is 4.48. The molecule has 0 fully saturated rings. The smallest absolute Gasteiger partial charge is 0.0197 e. The zero-order valence-corrected chi connectivity index (χ0v) is 26.5. The third-order valence-electron chi connectivity index (χ3n) is 5.98. The van der Waals surface area contributed by atoms with Gasteiger partial charge < -0.3 is 0 Å². The molecule has 0 saturated carbocycles. The molecule has 2 aromatic rings. The van der Waals surface area contributed by atoms with Crippen LogP contribution in [0.5, 0.6) is 0 Å². The fourth-order valence-corrected chi connectivity index (χ4v) is 7.02. The molecule has 0 aliphatic rings. The van der Waals surface area contributed by atoms with Crippen molar-refractivity contribution in [3.63, 3.8) is 0 Å². The minimum Gasteiger partial charge on any atom is -0.0654 e. The molecule has 0 bridgehead atoms. The molecule has 0 radical (unpaired) electrons. The number of rotatable bonds is 12. The number of benzene rings is 2. The van der Waals surface area contributed by atoms with Gasteiger partial charge in [-0.3, -0.25) is 0 Å². The van der Waals surface area contributed by atoms with Crippen molar-refractivity contribution >= 4 is 63.7 Å². The molecule has 0 saturated heterocycles. The van der Waals surface area contributed by atoms with Gasteiger partial charge in [-0.2, -0.15) is 0 Å². The molecule has 0 spiro atoms. The first-order valence-electron chi connectivity index (χ1n) is 12.2. The predicted octanol–water partition coefficient (Wildman–Crippen LogP) is 11.9. The summed E-state index contributed by atoms with van der Waals surface area (Å²) in [6.07, 6.45) is 13.2. The number of hydrogen-bond donors (Lipinski definition) is 0. The Kier molecular flexibility index (Phi) is 16.9. The van der Waals surface area contributed by atoms with E-state index >= 15 is 0 Å². The van der Waals surface area contributed by atoms with Gasteiger partial charge in [0, 0.05) is 17.9 Å². The van der Waals surface area contributed by atoms with Crippen LogP contribution in [0.4, 0.5) is 0 Å². The van der Waals surface area contributed by atoms with Gasteiger partial charge in [0.25, 0.3) is 0 Å². The van der Waals surface area contributed by atoms with E-state index in [4.69, 9.17) is 0 Å². The Hall–Kier alpha value is 0.360. The van der Waals surface area contributed by atoms with Gasteiger partial charge >= 0.3 is 0 Å². The zero-order chi connectivity index (χ0) is 23.9. The molecule has 4 heteroatoms. The second kappa shape index (κ2) is 17.7. The molecular formula is C28H40Br4. The molecule has 0 nitrogen and oxygen atoms in total. The van der Waals surface area contributed by atoms with Crippen LogP contribution in [0, 0.1) is 11.8 Å². The maximum absolute atomic E-state index is 3.74. The van der Waals surface area contributed by atoms with Crippen molar-refractivity contribution in [2.24, 2.45) is 11.8 Å². The van der Waals surface area contributed by atoms with Crippen LogP contribution in [0.1, 0.15) is 90.2 Å². The topological polar surface area (TPSA) is 0 Å². The van der Waals surface area contributed by atoms with Crippen LogP contribution in [0.2, 0.25) is 0 Å². The van der Waals surface area contributed by atoms with E-state index in [2.05, 4.69) is 110 Å². The van der Waals surface area contributed by atoms with Crippen molar-refractivity contribution < 1.29 is 0 Å². The average molecular weight is 696 g/mol. The third kappa shape index (κ3) is 13.3. The Labute approximate surface area is 231 Å². The quantitative estimate of drug-likeness (QED) is 0.207. The van der Waals surface area contributed by atoms with Crippen molar-refractivity contribution in [2.45, 2.75) is 91.9 Å². The predicted molar refractivity (Wildman–Crippen MR) is 158 cm³/mol. The lowest BCUT2D eigenvalue weighted by molar-refractivity contribution is 0.444. The SMILES string of the molecule is Brc1cc(Br)cc(Br)c1.CCCCC(CC)Cc1cc(Br)cc(CC(CC)CCCC)c1. The summed E-state index contributed by atoms with van der Waals surface area (Å²) in [5, 5.41) is 0. The molecule has 0 aromatic heterocycles. The molecule has 2 aromatic carbocycles. The highest BCUT2D eigenvalue weighted by Crippen LogP contribution is 2.26. The van der Waals surface area contributed by atoms with Gasteiger partial charge in [-0.25, -0.2) is 0 Å². The average Bonchev–Trinajstić information content (AvgIpc) is 2.73. The van der Waals surface area contributed by atoms with Crippen LogP contribution in [0.3, 0.4) is 0 Å². The first-order valence-corrected chi connectivity index (χ1v) is 15.4. The van der Waals surface area contributed by atoms with Gasteiger partial charge in [0.15, 0.2) is 0 Å². The lowest BCUT2D eigenvalue weighted by Crippen LogP contribution is -2.06. The summed E-state index contributed by atoms with van der Waals surface area (Å²) in [6.45, 7) is 9.28. The molecular weight excluding hydrogens is 656 g/mol. The Balaban J connectivity index is 0.000000471. The number of hydrogen-bond acceptors (Lipinski definition) is 0. The summed E-state index contributed by atoms with van der Waals surface area (Å²) in [6, 6.07) is 13.1. The molecule has 2 rings (SSSR count). The Morgan fingerprint density at radius 2 is 0.875 bits per heavy atom. The van der Waals surface area contributed by atoms with Crippen molar-refractivity contribution in [1.29, 1.82) is 0 Å². The van der Waals surface area contributed by atoms with E-state index in [1.165, 1.54) is 79.8 Å². The highest BCUT2D eigenvalue weighted by atomic mass is 79.9. The Morgan fingerprint density at radius 3 is 1.19 bits per heavy atom. The minimum atomic E-state index is 0.846. The third-order valence-corrected chi connectivity index (χ3v) is 7.81. The van der Waals surface area contributed by atoms with E-state index in [0.717, 1.165) is 25.3 Å². The van der Waals surface area contributed by atoms with Crippen molar-refractivity contribution in [3.8, 4) is 0 Å². The van der Waals surface area contributed by atoms with Crippen LogP contribution in [-0.2, 0) is 12.8 Å². The number of halogens is 4. The molecule has 0 N–H and O–H groups in total. The zero-order valence-electron chi connectivity index (χ0n) is 20.2. The van der Waals surface area contributed by atoms with Crippen LogP contribution in [0.15, 0.2) is 54.3 Å². The molecule has 0 aliphatic heterocycles. The first kappa shape index (κ1) is 30.4. The maximum Gasteiger partial charge on any atom is 0.0197 e. The standard InChI is InChI=1S/C22H37Br.C6H3Br3/c1-5-9-11-18(7-3)13-20-15-21(17-22(23)16-20)14-19(8-4)12-10-6-2;7-4-1-5(8)3-6(9)2-4/h15-19H,5-14H2,1-4H3;1-3H. The van der Waals surface area contributed by atoms with Gasteiger partial charge in [-0.1, -0.05) is 149 Å². The fourth-order valence-electron chi connectivity index (χ4n) is 4.03. The summed E-state index contributed by atoms with van der Waals surface area (Å²) in [5.74, 6) is 1.69. The van der Waals surface area contributed by atoms with Gasteiger partial charge in [-0.15, -0.1) is 0 Å². The minimum absolute atomic E-state index is 0.846. The van der Waals surface area contributed by atoms with E-state index in [0.29, 0.717) is 0 Å². The lowest BCUT2D eigenvalue weighted by Gasteiger charge is -2.18. The van der Waals surface area contributed by atoms with Crippen LogP contribution >= 0.6 is 63.7 Å². The Morgan fingerprint density at radius 1 is 0.531 bits per heavy atom. The highest BCUT2D eigenvalue weighted by Gasteiger charge is 2.11. The van der Waals surface area contributed by atoms with E-state index in [1.807, 2.05) is 18.2 Å². The van der Waals surface area contributed by atoms with E-state index in [9.17, 15) is 0 Å². The maximum atomic E-state index is 3.74. The molecule has 0 aliphatic carbocycles. The highest BCUT2D eigenvalue weighted by molar-refractivity contribution is 9.11. The van der Waals surface area contributed by atoms with Crippen molar-refractivity contribution in [2.75, 3.05) is 0 Å². The largest absolute Gasteiger partial charge is 0.0654 e. The summed E-state index contributed by atoms with van der Waals surface area (Å²) >= 11 is 13.8. The summed E-state index contributed by atoms with van der Waals surface area (Å²) in [4.78, 5) is 0. The molecule has 32 heavy (non-hydrogen) atoms. The van der Waals surface area contributed by atoms with Gasteiger partial charge in [0.2, 0.25) is 0 Å². The van der Waals surface area contributed by atoms with Crippen molar-refractivity contribution in [3.05, 3.63) is 65.4 Å². The molecule has 180 valence electrons. The molecule has 2 atom stereocenters. The first-order chi connectivity index (χ1) is 15.3. The van der Waals surface area contributed by atoms with E-state index < -0.39 is 0 Å². The fraction of sp³-hybridized carbons (Fsp3) is 0.571. The second-order valence-corrected chi connectivity index (χ2v) is 12.5. The van der Waals surface area contributed by atoms with Gasteiger partial charge in [-0.05, 0) is 66.1 Å². The monoisotopic (exact) mass is 692 g/mol. The van der Waals surface area contributed by atoms with Gasteiger partial charge in [0.05, 0.1) is 0 Å². The van der Waals surface area contributed by atoms with Crippen LogP contribution < -0.4 is 0 Å².